The molecule has 1 heterocycles. The van der Waals surface area contributed by atoms with Crippen molar-refractivity contribution in [1.82, 2.24) is 4.90 Å². The normalized spacial score (nSPS) is 19.0. The van der Waals surface area contributed by atoms with Crippen LogP contribution in [-0.2, 0) is 10.3 Å². The van der Waals surface area contributed by atoms with Gasteiger partial charge in [-0.05, 0) is 41.3 Å². The summed E-state index contributed by atoms with van der Waals surface area (Å²) < 4.78 is 5.50. The van der Waals surface area contributed by atoms with Gasteiger partial charge in [0.25, 0.3) is 0 Å². The Morgan fingerprint density at radius 3 is 2.00 bits per heavy atom. The van der Waals surface area contributed by atoms with Crippen molar-refractivity contribution in [2.75, 3.05) is 32.8 Å². The monoisotopic (exact) mass is 407 g/mol. The van der Waals surface area contributed by atoms with E-state index < -0.39 is 5.60 Å². The highest BCUT2D eigenvalue weighted by atomic mass is 35.5. The van der Waals surface area contributed by atoms with Crippen molar-refractivity contribution in [1.29, 1.82) is 0 Å². The summed E-state index contributed by atoms with van der Waals surface area (Å²) in [6.45, 7) is 8.09. The number of aliphatic hydroxyl groups is 1. The van der Waals surface area contributed by atoms with Crippen molar-refractivity contribution in [2.45, 2.75) is 25.4 Å². The molecule has 2 atom stereocenters. The average Bonchev–Trinajstić information content (AvgIpc) is 2.67. The summed E-state index contributed by atoms with van der Waals surface area (Å²) in [6.07, 6.45) is 0. The molecule has 27 heavy (non-hydrogen) atoms. The minimum atomic E-state index is -1.03. The van der Waals surface area contributed by atoms with Gasteiger partial charge in [0, 0.05) is 35.6 Å². The van der Waals surface area contributed by atoms with E-state index in [0.717, 1.165) is 44.0 Å². The average molecular weight is 408 g/mol. The van der Waals surface area contributed by atoms with Gasteiger partial charge in [-0.1, -0.05) is 61.3 Å². The summed E-state index contributed by atoms with van der Waals surface area (Å²) in [7, 11) is 0. The van der Waals surface area contributed by atoms with Crippen LogP contribution in [0.4, 0.5) is 0 Å². The Hall–Kier alpha value is -1.10. The molecule has 1 aliphatic heterocycles. The molecule has 0 unspecified atom stereocenters. The van der Waals surface area contributed by atoms with Gasteiger partial charge in [0.1, 0.15) is 0 Å². The van der Waals surface area contributed by atoms with Crippen molar-refractivity contribution >= 4 is 23.2 Å². The minimum absolute atomic E-state index is 0.0143. The standard InChI is InChI=1S/C22H27Cl2NO2/c1-16(2)22(26,18-5-9-20(24)10-6-18)21(15-25-11-13-27-14-12-25)17-3-7-19(23)8-4-17/h3-10,16,21,26H,11-15H2,1-2H3/t21-,22-/m1/s1. The van der Waals surface area contributed by atoms with Crippen LogP contribution in [0, 0.1) is 5.92 Å². The van der Waals surface area contributed by atoms with E-state index in [4.69, 9.17) is 27.9 Å². The van der Waals surface area contributed by atoms with Gasteiger partial charge < -0.3 is 9.84 Å². The van der Waals surface area contributed by atoms with Crippen molar-refractivity contribution in [3.8, 4) is 0 Å². The third-order valence-electron chi connectivity index (χ3n) is 5.53. The number of hydrogen-bond acceptors (Lipinski definition) is 3. The first-order valence-electron chi connectivity index (χ1n) is 9.45. The Bertz CT molecular complexity index is 727. The van der Waals surface area contributed by atoms with Crippen molar-refractivity contribution < 1.29 is 9.84 Å². The molecule has 0 amide bonds. The summed E-state index contributed by atoms with van der Waals surface area (Å²) >= 11 is 12.2. The van der Waals surface area contributed by atoms with Gasteiger partial charge >= 0.3 is 0 Å². The molecule has 1 N–H and O–H groups in total. The number of halogens is 2. The molecule has 0 aliphatic carbocycles. The molecular weight excluding hydrogens is 381 g/mol. The summed E-state index contributed by atoms with van der Waals surface area (Å²) in [4.78, 5) is 2.37. The quantitative estimate of drug-likeness (QED) is 0.734. The third-order valence-corrected chi connectivity index (χ3v) is 6.04. The second kappa shape index (κ2) is 8.93. The number of nitrogens with zero attached hydrogens (tertiary/aromatic N) is 1. The molecule has 5 heteroatoms. The molecule has 1 fully saturated rings. The molecule has 1 saturated heterocycles. The van der Waals surface area contributed by atoms with E-state index in [0.29, 0.717) is 10.0 Å². The summed E-state index contributed by atoms with van der Waals surface area (Å²) in [5.41, 5.74) is 0.934. The number of benzene rings is 2. The maximum absolute atomic E-state index is 12.0. The lowest BCUT2D eigenvalue weighted by molar-refractivity contribution is -0.0547. The molecule has 2 aromatic rings. The molecule has 0 radical (unpaired) electrons. The van der Waals surface area contributed by atoms with Gasteiger partial charge in [-0.2, -0.15) is 0 Å². The molecule has 146 valence electrons. The van der Waals surface area contributed by atoms with Gasteiger partial charge in [-0.25, -0.2) is 0 Å². The minimum Gasteiger partial charge on any atom is -0.384 e. The van der Waals surface area contributed by atoms with E-state index in [2.05, 4.69) is 18.7 Å². The Morgan fingerprint density at radius 2 is 1.48 bits per heavy atom. The summed E-state index contributed by atoms with van der Waals surface area (Å²) in [5, 5.41) is 13.4. The molecular formula is C22H27Cl2NO2. The van der Waals surface area contributed by atoms with Crippen molar-refractivity contribution in [3.63, 3.8) is 0 Å². The lowest BCUT2D eigenvalue weighted by atomic mass is 9.70. The molecule has 3 rings (SSSR count). The largest absolute Gasteiger partial charge is 0.384 e. The van der Waals surface area contributed by atoms with Crippen LogP contribution < -0.4 is 0 Å². The topological polar surface area (TPSA) is 32.7 Å². The Kier molecular flexibility index (Phi) is 6.83. The SMILES string of the molecule is CC(C)[C@@](O)(c1ccc(Cl)cc1)[C@H](CN1CCOCC1)c1ccc(Cl)cc1. The molecule has 2 aromatic carbocycles. The fraction of sp³-hybridized carbons (Fsp3) is 0.455. The van der Waals surface area contributed by atoms with E-state index in [1.165, 1.54) is 0 Å². The van der Waals surface area contributed by atoms with E-state index >= 15 is 0 Å². The van der Waals surface area contributed by atoms with E-state index in [1.54, 1.807) is 0 Å². The highest BCUT2D eigenvalue weighted by molar-refractivity contribution is 6.30. The highest BCUT2D eigenvalue weighted by Crippen LogP contribution is 2.43. The van der Waals surface area contributed by atoms with Crippen molar-refractivity contribution in [2.24, 2.45) is 5.92 Å². The van der Waals surface area contributed by atoms with Crippen LogP contribution in [0.5, 0.6) is 0 Å². The van der Waals surface area contributed by atoms with E-state index in [-0.39, 0.29) is 11.8 Å². The summed E-state index contributed by atoms with van der Waals surface area (Å²) in [6, 6.07) is 15.4. The zero-order valence-corrected chi connectivity index (χ0v) is 17.4. The van der Waals surface area contributed by atoms with Gasteiger partial charge in [0.2, 0.25) is 0 Å². The second-order valence-corrected chi connectivity index (χ2v) is 8.38. The maximum Gasteiger partial charge on any atom is 0.0999 e. The van der Waals surface area contributed by atoms with Gasteiger partial charge in [0.05, 0.1) is 18.8 Å². The zero-order chi connectivity index (χ0) is 19.4. The number of morpholine rings is 1. The van der Waals surface area contributed by atoms with E-state index in [9.17, 15) is 5.11 Å². The van der Waals surface area contributed by atoms with Crippen molar-refractivity contribution in [3.05, 3.63) is 69.7 Å². The first kappa shape index (κ1) is 20.6. The van der Waals surface area contributed by atoms with Crippen LogP contribution in [-0.4, -0.2) is 42.9 Å². The fourth-order valence-corrected chi connectivity index (χ4v) is 4.14. The van der Waals surface area contributed by atoms with Gasteiger partial charge in [-0.15, -0.1) is 0 Å². The second-order valence-electron chi connectivity index (χ2n) is 7.50. The van der Waals surface area contributed by atoms with Crippen LogP contribution in [0.15, 0.2) is 48.5 Å². The lowest BCUT2D eigenvalue weighted by Gasteiger charge is -2.43. The molecule has 0 saturated carbocycles. The zero-order valence-electron chi connectivity index (χ0n) is 15.9. The molecule has 0 spiro atoms. The molecule has 0 aromatic heterocycles. The van der Waals surface area contributed by atoms with Crippen LogP contribution in [0.2, 0.25) is 10.0 Å². The lowest BCUT2D eigenvalue weighted by Crippen LogP contribution is -2.47. The molecule has 3 nitrogen and oxygen atoms in total. The van der Waals surface area contributed by atoms with Gasteiger partial charge in [-0.3, -0.25) is 4.90 Å². The predicted octanol–water partition coefficient (Wildman–Crippen LogP) is 4.95. The smallest absolute Gasteiger partial charge is 0.0999 e. The van der Waals surface area contributed by atoms with Crippen LogP contribution in [0.25, 0.3) is 0 Å². The van der Waals surface area contributed by atoms with Gasteiger partial charge in [0.15, 0.2) is 0 Å². The number of ether oxygens (including phenoxy) is 1. The molecule has 0 bridgehead atoms. The molecule has 1 aliphatic rings. The Labute approximate surface area is 171 Å². The van der Waals surface area contributed by atoms with Crippen LogP contribution in [0.3, 0.4) is 0 Å². The predicted molar refractivity (Wildman–Crippen MR) is 112 cm³/mol. The third kappa shape index (κ3) is 4.67. The highest BCUT2D eigenvalue weighted by Gasteiger charge is 2.43. The first-order valence-corrected chi connectivity index (χ1v) is 10.2. The first-order chi connectivity index (χ1) is 12.9. The van der Waals surface area contributed by atoms with Crippen LogP contribution in [0.1, 0.15) is 30.9 Å². The maximum atomic E-state index is 12.0. The summed E-state index contributed by atoms with van der Waals surface area (Å²) in [5.74, 6) is -0.0885. The number of hydrogen-bond donors (Lipinski definition) is 1. The Morgan fingerprint density at radius 1 is 0.963 bits per heavy atom. The Balaban J connectivity index is 2.03. The van der Waals surface area contributed by atoms with Crippen LogP contribution >= 0.6 is 23.2 Å². The fourth-order valence-electron chi connectivity index (χ4n) is 3.89. The number of rotatable bonds is 6. The van der Waals surface area contributed by atoms with E-state index in [1.807, 2.05) is 48.5 Å².